The Morgan fingerprint density at radius 2 is 1.64 bits per heavy atom. The Morgan fingerprint density at radius 3 is 2.19 bits per heavy atom. The van der Waals surface area contributed by atoms with E-state index in [0.717, 1.165) is 44.8 Å². The maximum absolute atomic E-state index is 14.3. The summed E-state index contributed by atoms with van der Waals surface area (Å²) in [7, 11) is 4.42. The molecule has 0 aliphatic carbocycles. The third-order valence-corrected chi connectivity index (χ3v) is 14.2. The summed E-state index contributed by atoms with van der Waals surface area (Å²) in [5.74, 6) is 2.36. The molecule has 2 aromatic carbocycles. The lowest BCUT2D eigenvalue weighted by molar-refractivity contribution is -0.143. The molecule has 1 fully saturated rings. The summed E-state index contributed by atoms with van der Waals surface area (Å²) >= 11 is 0. The van der Waals surface area contributed by atoms with Gasteiger partial charge in [-0.15, -0.1) is 0 Å². The van der Waals surface area contributed by atoms with E-state index in [1.54, 1.807) is 21.3 Å². The molecule has 9 nitrogen and oxygen atoms in total. The number of aromatic hydroxyl groups is 1. The van der Waals surface area contributed by atoms with E-state index in [9.17, 15) is 9.90 Å². The van der Waals surface area contributed by atoms with Crippen LogP contribution >= 0.6 is 0 Å². The van der Waals surface area contributed by atoms with Gasteiger partial charge in [-0.3, -0.25) is 9.69 Å². The third-order valence-electron chi connectivity index (χ3n) is 9.83. The molecule has 5 rings (SSSR count). The van der Waals surface area contributed by atoms with E-state index >= 15 is 0 Å². The number of hydrogen-bond acceptors (Lipinski definition) is 8. The van der Waals surface area contributed by atoms with Crippen LogP contribution in [0.2, 0.25) is 18.1 Å². The Bertz CT molecular complexity index is 1490. The molecule has 0 unspecified atom stereocenters. The summed E-state index contributed by atoms with van der Waals surface area (Å²) < 4.78 is 24.6. The molecule has 0 aromatic heterocycles. The van der Waals surface area contributed by atoms with Gasteiger partial charge in [0.1, 0.15) is 5.75 Å². The number of rotatable bonds is 6. The molecule has 0 saturated carbocycles. The van der Waals surface area contributed by atoms with Crippen LogP contribution in [0.15, 0.2) is 11.8 Å². The van der Waals surface area contributed by atoms with Crippen molar-refractivity contribution >= 4 is 20.3 Å². The van der Waals surface area contributed by atoms with E-state index in [-0.39, 0.29) is 23.2 Å². The number of aryl methyl sites for hydroxylation is 1. The molecule has 10 heteroatoms. The van der Waals surface area contributed by atoms with Crippen LogP contribution in [0.25, 0.3) is 6.08 Å². The Labute approximate surface area is 250 Å². The SMILES string of the molecule is COc1c(C)cc2c(c1O)[C@@H]1C3=Cc4c(O[Si](C)(C)C(C)(C)C)c(C)c(OC)c(OC)c4[C@H](CN)N3C(=O)[C@H](C2)N1C. The van der Waals surface area contributed by atoms with E-state index in [4.69, 9.17) is 24.4 Å². The van der Waals surface area contributed by atoms with Crippen molar-refractivity contribution in [2.24, 2.45) is 5.73 Å². The first-order chi connectivity index (χ1) is 19.6. The number of methoxy groups -OCH3 is 3. The highest BCUT2D eigenvalue weighted by atomic mass is 28.4. The molecular weight excluding hydrogens is 550 g/mol. The van der Waals surface area contributed by atoms with Gasteiger partial charge in [-0.05, 0) is 62.7 Å². The van der Waals surface area contributed by atoms with Crippen LogP contribution in [-0.4, -0.2) is 70.1 Å². The predicted molar refractivity (Wildman–Crippen MR) is 166 cm³/mol. The molecule has 1 saturated heterocycles. The van der Waals surface area contributed by atoms with Gasteiger partial charge < -0.3 is 34.4 Å². The van der Waals surface area contributed by atoms with Crippen molar-refractivity contribution in [3.63, 3.8) is 0 Å². The highest BCUT2D eigenvalue weighted by Crippen LogP contribution is 2.58. The lowest BCUT2D eigenvalue weighted by Gasteiger charge is -2.53. The number of hydrogen-bond donors (Lipinski definition) is 2. The van der Waals surface area contributed by atoms with E-state index in [0.29, 0.717) is 23.7 Å². The van der Waals surface area contributed by atoms with Crippen molar-refractivity contribution in [1.29, 1.82) is 0 Å². The minimum atomic E-state index is -2.32. The molecule has 3 aliphatic rings. The van der Waals surface area contributed by atoms with Gasteiger partial charge in [-0.25, -0.2) is 0 Å². The van der Waals surface area contributed by atoms with Crippen LogP contribution in [-0.2, 0) is 11.2 Å². The summed E-state index contributed by atoms with van der Waals surface area (Å²) in [4.78, 5) is 18.2. The number of nitrogens with two attached hydrogens (primary N) is 1. The second-order valence-corrected chi connectivity index (χ2v) is 17.9. The Kier molecular flexibility index (Phi) is 7.35. The summed E-state index contributed by atoms with van der Waals surface area (Å²) in [5.41, 5.74) is 12.3. The van der Waals surface area contributed by atoms with E-state index in [2.05, 4.69) is 38.8 Å². The number of amides is 1. The van der Waals surface area contributed by atoms with Crippen LogP contribution in [0.5, 0.6) is 28.7 Å². The standard InChI is InChI=1S/C32H45N3O6Si/c1-16-12-18-13-21-31(37)35-20(25(34(21)6)23(18)26(36)27(16)38-7)14-19-24(22(35)15-33)30(40-9)29(39-8)17(2)28(19)41-42(10,11)32(3,4)5/h12,14,21-22,25,36H,13,15,33H2,1-11H3/t21-,22-,25-/m0/s1. The number of fused-ring (bicyclic) bond motifs is 7. The van der Waals surface area contributed by atoms with Crippen LogP contribution in [0.1, 0.15) is 66.2 Å². The number of carbonyl (C=O) groups is 1. The molecular formula is C32H45N3O6Si. The molecule has 3 aliphatic heterocycles. The van der Waals surface area contributed by atoms with Crippen molar-refractivity contribution in [2.45, 2.75) is 77.3 Å². The van der Waals surface area contributed by atoms with Crippen molar-refractivity contribution in [1.82, 2.24) is 9.80 Å². The van der Waals surface area contributed by atoms with Crippen LogP contribution < -0.4 is 24.4 Å². The number of carbonyl (C=O) groups excluding carboxylic acids is 1. The van der Waals surface area contributed by atoms with Crippen molar-refractivity contribution < 1.29 is 28.5 Å². The highest BCUT2D eigenvalue weighted by molar-refractivity contribution is 6.74. The van der Waals surface area contributed by atoms with Gasteiger partial charge in [-0.1, -0.05) is 26.8 Å². The maximum Gasteiger partial charge on any atom is 0.250 e. The second-order valence-electron chi connectivity index (χ2n) is 13.2. The van der Waals surface area contributed by atoms with Crippen LogP contribution in [0.4, 0.5) is 0 Å². The highest BCUT2D eigenvalue weighted by Gasteiger charge is 2.53. The summed E-state index contributed by atoms with van der Waals surface area (Å²) in [6, 6.07) is 0.700. The number of phenols is 1. The second kappa shape index (κ2) is 10.2. The molecule has 0 radical (unpaired) electrons. The average molecular weight is 596 g/mol. The normalized spacial score (nSPS) is 21.7. The minimum Gasteiger partial charge on any atom is -0.543 e. The van der Waals surface area contributed by atoms with Gasteiger partial charge in [0.25, 0.3) is 8.32 Å². The Balaban J connectivity index is 1.87. The van der Waals surface area contributed by atoms with Gasteiger partial charge in [0.2, 0.25) is 5.91 Å². The predicted octanol–water partition coefficient (Wildman–Crippen LogP) is 5.21. The van der Waals surface area contributed by atoms with Gasteiger partial charge in [0.15, 0.2) is 23.0 Å². The first-order valence-electron chi connectivity index (χ1n) is 14.5. The minimum absolute atomic E-state index is 0.0341. The number of piperazine rings is 1. The number of benzene rings is 2. The maximum atomic E-state index is 14.3. The number of ether oxygens (including phenoxy) is 3. The van der Waals surface area contributed by atoms with E-state index < -0.39 is 26.4 Å². The molecule has 3 atom stereocenters. The first kappa shape index (κ1) is 30.3. The Morgan fingerprint density at radius 1 is 1.02 bits per heavy atom. The first-order valence-corrected chi connectivity index (χ1v) is 17.4. The van der Waals surface area contributed by atoms with Gasteiger partial charge in [-0.2, -0.15) is 0 Å². The lowest BCUT2D eigenvalue weighted by atomic mass is 9.78. The quantitative estimate of drug-likeness (QED) is 0.439. The fourth-order valence-corrected chi connectivity index (χ4v) is 7.74. The molecule has 2 bridgehead atoms. The summed E-state index contributed by atoms with van der Waals surface area (Å²) in [5, 5.41) is 11.5. The van der Waals surface area contributed by atoms with E-state index in [1.807, 2.05) is 37.9 Å². The number of nitrogens with zero attached hydrogens (tertiary/aromatic N) is 2. The zero-order valence-electron chi connectivity index (χ0n) is 26.8. The smallest absolute Gasteiger partial charge is 0.250 e. The van der Waals surface area contributed by atoms with Crippen molar-refractivity contribution in [2.75, 3.05) is 34.9 Å². The molecule has 0 spiro atoms. The van der Waals surface area contributed by atoms with Crippen LogP contribution in [0, 0.1) is 13.8 Å². The molecule has 1 amide bonds. The fourth-order valence-electron chi connectivity index (χ4n) is 6.66. The average Bonchev–Trinajstić information content (AvgIpc) is 2.91. The van der Waals surface area contributed by atoms with Gasteiger partial charge in [0.05, 0.1) is 39.5 Å². The summed E-state index contributed by atoms with van der Waals surface area (Å²) in [6.45, 7) is 15.1. The topological polar surface area (TPSA) is 107 Å². The van der Waals surface area contributed by atoms with Gasteiger partial charge >= 0.3 is 0 Å². The van der Waals surface area contributed by atoms with Gasteiger partial charge in [0, 0.05) is 34.5 Å². The zero-order chi connectivity index (χ0) is 31.0. The van der Waals surface area contributed by atoms with Crippen LogP contribution in [0.3, 0.4) is 0 Å². The summed E-state index contributed by atoms with van der Waals surface area (Å²) in [6.07, 6.45) is 2.51. The zero-order valence-corrected chi connectivity index (χ0v) is 27.8. The van der Waals surface area contributed by atoms with E-state index in [1.165, 1.54) is 0 Å². The fraction of sp³-hybridized carbons (Fsp3) is 0.531. The molecule has 3 heterocycles. The molecule has 42 heavy (non-hydrogen) atoms. The molecule has 228 valence electrons. The monoisotopic (exact) mass is 595 g/mol. The Hall–Kier alpha value is -3.21. The third kappa shape index (κ3) is 4.13. The molecule has 2 aromatic rings. The largest absolute Gasteiger partial charge is 0.543 e. The number of likely N-dealkylation sites (N-methyl/N-ethyl adjacent to an activating group) is 1. The van der Waals surface area contributed by atoms with Crippen molar-refractivity contribution in [3.8, 4) is 28.7 Å². The van der Waals surface area contributed by atoms with Crippen molar-refractivity contribution in [3.05, 3.63) is 45.1 Å². The lowest BCUT2D eigenvalue weighted by Crippen LogP contribution is -2.60. The molecule has 3 N–H and O–H groups in total. The number of phenolic OH excluding ortho intramolecular Hbond substituents is 1.